The number of carbonyl (C=O) groups is 1. The number of fused-ring (bicyclic) bond motifs is 1. The Hall–Kier alpha value is -1.85. The number of amides is 1. The number of benzene rings is 1. The van der Waals surface area contributed by atoms with Crippen molar-refractivity contribution in [1.29, 1.82) is 0 Å². The van der Waals surface area contributed by atoms with Crippen molar-refractivity contribution in [3.8, 4) is 0 Å². The molecule has 0 saturated heterocycles. The van der Waals surface area contributed by atoms with E-state index in [1.807, 2.05) is 39.1 Å². The lowest BCUT2D eigenvalue weighted by Crippen LogP contribution is -2.75. The van der Waals surface area contributed by atoms with Gasteiger partial charge in [0.15, 0.2) is 0 Å². The average molecular weight is 329 g/mol. The lowest BCUT2D eigenvalue weighted by atomic mass is 9.54. The lowest BCUT2D eigenvalue weighted by molar-refractivity contribution is -0.170. The predicted octanol–water partition coefficient (Wildman–Crippen LogP) is 2.36. The SMILES string of the molecule is CCOC1CC(N)(C(=O)NCCc2c[nH]c3ccccc23)C1(C)C. The molecule has 1 heterocycles. The van der Waals surface area contributed by atoms with Crippen LogP contribution in [0.2, 0.25) is 0 Å². The average Bonchev–Trinajstić information content (AvgIpc) is 2.97. The maximum atomic E-state index is 12.6. The van der Waals surface area contributed by atoms with E-state index in [4.69, 9.17) is 10.5 Å². The van der Waals surface area contributed by atoms with Crippen molar-refractivity contribution in [3.05, 3.63) is 36.0 Å². The highest BCUT2D eigenvalue weighted by Gasteiger charge is 2.62. The first-order valence-electron chi connectivity index (χ1n) is 8.64. The van der Waals surface area contributed by atoms with Crippen LogP contribution in [0.4, 0.5) is 0 Å². The van der Waals surface area contributed by atoms with Gasteiger partial charge in [-0.25, -0.2) is 0 Å². The van der Waals surface area contributed by atoms with Gasteiger partial charge in [-0.15, -0.1) is 0 Å². The van der Waals surface area contributed by atoms with Gasteiger partial charge in [-0.05, 0) is 25.0 Å². The summed E-state index contributed by atoms with van der Waals surface area (Å²) in [5.74, 6) is -0.0803. The van der Waals surface area contributed by atoms with Crippen LogP contribution in [0.5, 0.6) is 0 Å². The van der Waals surface area contributed by atoms with Gasteiger partial charge in [0.05, 0.1) is 6.10 Å². The minimum Gasteiger partial charge on any atom is -0.378 e. The molecule has 1 aromatic carbocycles. The Kier molecular flexibility index (Phi) is 4.40. The molecule has 2 atom stereocenters. The molecule has 5 nitrogen and oxygen atoms in total. The fourth-order valence-electron chi connectivity index (χ4n) is 3.63. The first-order chi connectivity index (χ1) is 11.4. The first-order valence-corrected chi connectivity index (χ1v) is 8.64. The summed E-state index contributed by atoms with van der Waals surface area (Å²) in [7, 11) is 0. The summed E-state index contributed by atoms with van der Waals surface area (Å²) < 4.78 is 5.69. The topological polar surface area (TPSA) is 80.1 Å². The van der Waals surface area contributed by atoms with Gasteiger partial charge in [0, 0.05) is 42.1 Å². The predicted molar refractivity (Wildman–Crippen MR) is 95.7 cm³/mol. The molecule has 1 aliphatic carbocycles. The van der Waals surface area contributed by atoms with Gasteiger partial charge in [0.25, 0.3) is 0 Å². The molecule has 2 aromatic rings. The standard InChI is InChI=1S/C19H27N3O2/c1-4-24-16-11-19(20,18(16,2)3)17(23)21-10-9-13-12-22-15-8-6-5-7-14(13)15/h5-8,12,16,22H,4,9-11,20H2,1-3H3,(H,21,23). The second-order valence-electron chi connectivity index (χ2n) is 7.21. The summed E-state index contributed by atoms with van der Waals surface area (Å²) in [6.45, 7) is 7.21. The molecule has 1 amide bonds. The molecule has 4 N–H and O–H groups in total. The van der Waals surface area contributed by atoms with Crippen LogP contribution in [0, 0.1) is 5.41 Å². The molecule has 0 aliphatic heterocycles. The van der Waals surface area contributed by atoms with E-state index >= 15 is 0 Å². The monoisotopic (exact) mass is 329 g/mol. The smallest absolute Gasteiger partial charge is 0.240 e. The Morgan fingerprint density at radius 1 is 1.42 bits per heavy atom. The van der Waals surface area contributed by atoms with E-state index in [0.717, 1.165) is 11.9 Å². The van der Waals surface area contributed by atoms with Crippen molar-refractivity contribution in [1.82, 2.24) is 10.3 Å². The zero-order chi connectivity index (χ0) is 17.4. The van der Waals surface area contributed by atoms with Crippen LogP contribution >= 0.6 is 0 Å². The molecule has 130 valence electrons. The number of nitrogens with one attached hydrogen (secondary N) is 2. The largest absolute Gasteiger partial charge is 0.378 e. The Morgan fingerprint density at radius 3 is 2.88 bits per heavy atom. The van der Waals surface area contributed by atoms with Crippen molar-refractivity contribution < 1.29 is 9.53 Å². The summed E-state index contributed by atoms with van der Waals surface area (Å²) in [5.41, 5.74) is 7.51. The fourth-order valence-corrected chi connectivity index (χ4v) is 3.63. The molecular formula is C19H27N3O2. The van der Waals surface area contributed by atoms with E-state index in [9.17, 15) is 4.79 Å². The van der Waals surface area contributed by atoms with Crippen LogP contribution in [0.15, 0.2) is 30.5 Å². The number of hydrogen-bond donors (Lipinski definition) is 3. The van der Waals surface area contributed by atoms with Gasteiger partial charge < -0.3 is 20.8 Å². The summed E-state index contributed by atoms with van der Waals surface area (Å²) in [4.78, 5) is 15.9. The second-order valence-corrected chi connectivity index (χ2v) is 7.21. The van der Waals surface area contributed by atoms with Gasteiger partial charge in [-0.2, -0.15) is 0 Å². The van der Waals surface area contributed by atoms with Crippen molar-refractivity contribution >= 4 is 16.8 Å². The number of aromatic amines is 1. The minimum atomic E-state index is -0.854. The van der Waals surface area contributed by atoms with E-state index in [0.29, 0.717) is 19.6 Å². The molecule has 0 bridgehead atoms. The number of nitrogens with two attached hydrogens (primary N) is 1. The maximum absolute atomic E-state index is 12.6. The minimum absolute atomic E-state index is 0.0480. The fraction of sp³-hybridized carbons (Fsp3) is 0.526. The van der Waals surface area contributed by atoms with Crippen LogP contribution in [-0.2, 0) is 16.0 Å². The van der Waals surface area contributed by atoms with E-state index in [-0.39, 0.29) is 17.4 Å². The molecule has 1 saturated carbocycles. The molecule has 1 aliphatic rings. The molecule has 24 heavy (non-hydrogen) atoms. The molecule has 0 spiro atoms. The number of ether oxygens (including phenoxy) is 1. The first kappa shape index (κ1) is 17.0. The summed E-state index contributed by atoms with van der Waals surface area (Å²) in [6, 6.07) is 8.18. The molecular weight excluding hydrogens is 302 g/mol. The Balaban J connectivity index is 1.58. The third kappa shape index (κ3) is 2.62. The van der Waals surface area contributed by atoms with Gasteiger partial charge in [0.2, 0.25) is 5.91 Å². The van der Waals surface area contributed by atoms with E-state index in [1.165, 1.54) is 10.9 Å². The highest BCUT2D eigenvalue weighted by molar-refractivity contribution is 5.89. The maximum Gasteiger partial charge on any atom is 0.240 e. The Morgan fingerprint density at radius 2 is 2.17 bits per heavy atom. The van der Waals surface area contributed by atoms with Crippen LogP contribution in [-0.4, -0.2) is 35.7 Å². The highest BCUT2D eigenvalue weighted by Crippen LogP contribution is 2.49. The van der Waals surface area contributed by atoms with Crippen molar-refractivity contribution in [2.75, 3.05) is 13.2 Å². The number of para-hydroxylation sites is 1. The number of aromatic nitrogens is 1. The zero-order valence-corrected chi connectivity index (χ0v) is 14.7. The second kappa shape index (κ2) is 6.22. The number of rotatable bonds is 6. The van der Waals surface area contributed by atoms with Crippen LogP contribution < -0.4 is 11.1 Å². The van der Waals surface area contributed by atoms with Gasteiger partial charge in [-0.3, -0.25) is 4.79 Å². The van der Waals surface area contributed by atoms with Gasteiger partial charge in [-0.1, -0.05) is 32.0 Å². The quantitative estimate of drug-likeness (QED) is 0.761. The van der Waals surface area contributed by atoms with Crippen molar-refractivity contribution in [3.63, 3.8) is 0 Å². The van der Waals surface area contributed by atoms with Crippen molar-refractivity contribution in [2.24, 2.45) is 11.1 Å². The third-order valence-electron chi connectivity index (χ3n) is 5.59. The molecule has 1 fully saturated rings. The molecule has 5 heteroatoms. The van der Waals surface area contributed by atoms with E-state index in [2.05, 4.69) is 22.4 Å². The van der Waals surface area contributed by atoms with Gasteiger partial charge in [0.1, 0.15) is 5.54 Å². The van der Waals surface area contributed by atoms with E-state index in [1.54, 1.807) is 0 Å². The molecule has 0 radical (unpaired) electrons. The Labute approximate surface area is 142 Å². The molecule has 1 aromatic heterocycles. The van der Waals surface area contributed by atoms with Crippen molar-refractivity contribution in [2.45, 2.75) is 45.3 Å². The molecule has 2 unspecified atom stereocenters. The number of hydrogen-bond acceptors (Lipinski definition) is 3. The summed E-state index contributed by atoms with van der Waals surface area (Å²) in [5, 5.41) is 4.22. The van der Waals surface area contributed by atoms with Crippen LogP contribution in [0.25, 0.3) is 10.9 Å². The third-order valence-corrected chi connectivity index (χ3v) is 5.59. The number of carbonyl (C=O) groups excluding carboxylic acids is 1. The van der Waals surface area contributed by atoms with Gasteiger partial charge >= 0.3 is 0 Å². The van der Waals surface area contributed by atoms with Crippen LogP contribution in [0.3, 0.4) is 0 Å². The zero-order valence-electron chi connectivity index (χ0n) is 14.7. The molecule has 3 rings (SSSR count). The summed E-state index contributed by atoms with van der Waals surface area (Å²) in [6.07, 6.45) is 3.41. The van der Waals surface area contributed by atoms with Crippen LogP contribution in [0.1, 0.15) is 32.8 Å². The summed E-state index contributed by atoms with van der Waals surface area (Å²) >= 11 is 0. The normalized spacial score (nSPS) is 25.4. The highest BCUT2D eigenvalue weighted by atomic mass is 16.5. The lowest BCUT2D eigenvalue weighted by Gasteiger charge is -2.57. The number of H-pyrrole nitrogens is 1. The Bertz CT molecular complexity index is 737. The van der Waals surface area contributed by atoms with E-state index < -0.39 is 5.54 Å².